The summed E-state index contributed by atoms with van der Waals surface area (Å²) in [7, 11) is 0. The first-order valence-corrected chi connectivity index (χ1v) is 5.69. The largest absolute Gasteiger partial charge is 0.460 e. The second-order valence-corrected chi connectivity index (χ2v) is 5.79. The SMILES string of the molecule is CC(I)[C@@H]1OC(=O)[C@H](Br)[C@H]1C. The van der Waals surface area contributed by atoms with E-state index in [-0.39, 0.29) is 22.8 Å². The van der Waals surface area contributed by atoms with E-state index in [4.69, 9.17) is 4.74 Å². The van der Waals surface area contributed by atoms with Gasteiger partial charge in [-0.15, -0.1) is 0 Å². The summed E-state index contributed by atoms with van der Waals surface area (Å²) in [6.07, 6.45) is 0.0764. The zero-order chi connectivity index (χ0) is 8.59. The number of carbonyl (C=O) groups excluding carboxylic acids is 1. The van der Waals surface area contributed by atoms with E-state index in [1.165, 1.54) is 0 Å². The number of esters is 1. The third-order valence-corrected chi connectivity index (χ3v) is 3.83. The van der Waals surface area contributed by atoms with E-state index in [0.717, 1.165) is 0 Å². The molecule has 0 saturated carbocycles. The van der Waals surface area contributed by atoms with Gasteiger partial charge in [-0.2, -0.15) is 0 Å². The first kappa shape index (κ1) is 9.77. The first-order chi connectivity index (χ1) is 5.04. The second kappa shape index (κ2) is 3.60. The molecule has 0 amide bonds. The average molecular weight is 333 g/mol. The van der Waals surface area contributed by atoms with Gasteiger partial charge in [-0.1, -0.05) is 45.4 Å². The summed E-state index contributed by atoms with van der Waals surface area (Å²) in [6, 6.07) is 0. The maximum absolute atomic E-state index is 11.0. The Morgan fingerprint density at radius 3 is 2.45 bits per heavy atom. The molecule has 1 unspecified atom stereocenters. The Balaban J connectivity index is 2.67. The van der Waals surface area contributed by atoms with E-state index in [2.05, 4.69) is 45.4 Å². The highest BCUT2D eigenvalue weighted by atomic mass is 127. The highest BCUT2D eigenvalue weighted by molar-refractivity contribution is 14.1. The highest BCUT2D eigenvalue weighted by Gasteiger charge is 2.41. The number of alkyl halides is 2. The zero-order valence-electron chi connectivity index (χ0n) is 6.38. The van der Waals surface area contributed by atoms with Gasteiger partial charge >= 0.3 is 5.97 Å². The van der Waals surface area contributed by atoms with Crippen LogP contribution in [0.1, 0.15) is 13.8 Å². The number of ether oxygens (including phenoxy) is 1. The fraction of sp³-hybridized carbons (Fsp3) is 0.857. The van der Waals surface area contributed by atoms with Crippen molar-refractivity contribution in [2.75, 3.05) is 0 Å². The molecule has 4 heteroatoms. The van der Waals surface area contributed by atoms with Crippen molar-refractivity contribution in [2.24, 2.45) is 5.92 Å². The van der Waals surface area contributed by atoms with Crippen molar-refractivity contribution in [1.29, 1.82) is 0 Å². The highest BCUT2D eigenvalue weighted by Crippen LogP contribution is 2.32. The van der Waals surface area contributed by atoms with Crippen molar-refractivity contribution < 1.29 is 9.53 Å². The molecular weight excluding hydrogens is 323 g/mol. The maximum Gasteiger partial charge on any atom is 0.320 e. The Bertz CT molecular complexity index is 172. The number of hydrogen-bond donors (Lipinski definition) is 0. The second-order valence-electron chi connectivity index (χ2n) is 2.84. The Morgan fingerprint density at radius 1 is 1.73 bits per heavy atom. The number of halogens is 2. The molecule has 0 aromatic carbocycles. The van der Waals surface area contributed by atoms with Gasteiger partial charge in [0.1, 0.15) is 10.9 Å². The minimum atomic E-state index is -0.119. The summed E-state index contributed by atoms with van der Waals surface area (Å²) in [5, 5.41) is 0. The zero-order valence-corrected chi connectivity index (χ0v) is 10.1. The molecule has 0 aromatic rings. The predicted octanol–water partition coefficient (Wildman–Crippen LogP) is 2.13. The van der Waals surface area contributed by atoms with E-state index >= 15 is 0 Å². The fourth-order valence-electron chi connectivity index (χ4n) is 1.20. The van der Waals surface area contributed by atoms with Gasteiger partial charge in [-0.25, -0.2) is 0 Å². The van der Waals surface area contributed by atoms with Gasteiger partial charge in [-0.3, -0.25) is 4.79 Å². The molecule has 1 rings (SSSR count). The lowest BCUT2D eigenvalue weighted by Gasteiger charge is -2.16. The Labute approximate surface area is 88.3 Å². The molecule has 0 radical (unpaired) electrons. The van der Waals surface area contributed by atoms with Gasteiger partial charge in [0.25, 0.3) is 0 Å². The minimum Gasteiger partial charge on any atom is -0.460 e. The molecule has 11 heavy (non-hydrogen) atoms. The van der Waals surface area contributed by atoms with E-state index in [1.54, 1.807) is 0 Å². The molecule has 0 bridgehead atoms. The molecule has 1 saturated heterocycles. The summed E-state index contributed by atoms with van der Waals surface area (Å²) in [6.45, 7) is 4.09. The molecule has 0 aromatic heterocycles. The van der Waals surface area contributed by atoms with Gasteiger partial charge < -0.3 is 4.74 Å². The molecule has 0 spiro atoms. The van der Waals surface area contributed by atoms with Crippen molar-refractivity contribution in [3.8, 4) is 0 Å². The Kier molecular flexibility index (Phi) is 3.19. The molecule has 0 N–H and O–H groups in total. The van der Waals surface area contributed by atoms with Gasteiger partial charge in [0, 0.05) is 9.84 Å². The van der Waals surface area contributed by atoms with Gasteiger partial charge in [0.2, 0.25) is 0 Å². The topological polar surface area (TPSA) is 26.3 Å². The molecule has 0 aliphatic carbocycles. The van der Waals surface area contributed by atoms with Crippen LogP contribution in [0.25, 0.3) is 0 Å². The van der Waals surface area contributed by atoms with Crippen LogP contribution < -0.4 is 0 Å². The number of rotatable bonds is 1. The molecule has 1 fully saturated rings. The van der Waals surface area contributed by atoms with Crippen molar-refractivity contribution in [1.82, 2.24) is 0 Å². The Hall–Kier alpha value is 0.680. The lowest BCUT2D eigenvalue weighted by molar-refractivity contribution is -0.140. The van der Waals surface area contributed by atoms with Crippen LogP contribution in [-0.2, 0) is 9.53 Å². The Morgan fingerprint density at radius 2 is 2.27 bits per heavy atom. The quantitative estimate of drug-likeness (QED) is 0.418. The fourth-order valence-corrected chi connectivity index (χ4v) is 2.41. The smallest absolute Gasteiger partial charge is 0.320 e. The molecule has 1 aliphatic heterocycles. The van der Waals surface area contributed by atoms with Crippen LogP contribution in [0, 0.1) is 5.92 Å². The minimum absolute atomic E-state index is 0.0764. The molecule has 2 nitrogen and oxygen atoms in total. The van der Waals surface area contributed by atoms with Crippen LogP contribution in [0.3, 0.4) is 0 Å². The van der Waals surface area contributed by atoms with E-state index in [0.29, 0.717) is 3.92 Å². The van der Waals surface area contributed by atoms with Crippen molar-refractivity contribution in [3.05, 3.63) is 0 Å². The van der Waals surface area contributed by atoms with Crippen LogP contribution >= 0.6 is 38.5 Å². The lowest BCUT2D eigenvalue weighted by atomic mass is 10.0. The summed E-state index contributed by atoms with van der Waals surface area (Å²) < 4.78 is 5.54. The molecule has 64 valence electrons. The number of cyclic esters (lactones) is 1. The van der Waals surface area contributed by atoms with Crippen molar-refractivity contribution in [2.45, 2.75) is 28.7 Å². The average Bonchev–Trinajstić information content (AvgIpc) is 2.17. The summed E-state index contributed by atoms with van der Waals surface area (Å²) in [5.74, 6) is 0.167. The van der Waals surface area contributed by atoms with Crippen LogP contribution in [0.15, 0.2) is 0 Å². The van der Waals surface area contributed by atoms with Crippen LogP contribution in [-0.4, -0.2) is 20.8 Å². The molecule has 1 heterocycles. The van der Waals surface area contributed by atoms with Gasteiger partial charge in [-0.05, 0) is 6.92 Å². The lowest BCUT2D eigenvalue weighted by Crippen LogP contribution is -2.24. The van der Waals surface area contributed by atoms with Gasteiger partial charge in [0.05, 0.1) is 0 Å². The number of carbonyl (C=O) groups is 1. The number of hydrogen-bond acceptors (Lipinski definition) is 2. The van der Waals surface area contributed by atoms with Crippen LogP contribution in [0.4, 0.5) is 0 Å². The summed E-state index contributed by atoms with van der Waals surface area (Å²) in [4.78, 5) is 10.9. The van der Waals surface area contributed by atoms with Crippen LogP contribution in [0.2, 0.25) is 0 Å². The third-order valence-electron chi connectivity index (χ3n) is 1.91. The molecular formula is C7H10BrIO2. The van der Waals surface area contributed by atoms with E-state index < -0.39 is 0 Å². The summed E-state index contributed by atoms with van der Waals surface area (Å²) >= 11 is 5.58. The van der Waals surface area contributed by atoms with E-state index in [9.17, 15) is 4.79 Å². The first-order valence-electron chi connectivity index (χ1n) is 3.52. The summed E-state index contributed by atoms with van der Waals surface area (Å²) in [5.41, 5.74) is 0. The third kappa shape index (κ3) is 1.88. The van der Waals surface area contributed by atoms with E-state index in [1.807, 2.05) is 6.92 Å². The normalized spacial score (nSPS) is 40.4. The molecule has 1 aliphatic rings. The molecule has 4 atom stereocenters. The van der Waals surface area contributed by atoms with Crippen molar-refractivity contribution in [3.63, 3.8) is 0 Å². The predicted molar refractivity (Wildman–Crippen MR) is 55.2 cm³/mol. The van der Waals surface area contributed by atoms with Crippen LogP contribution in [0.5, 0.6) is 0 Å². The van der Waals surface area contributed by atoms with Crippen molar-refractivity contribution >= 4 is 44.5 Å². The maximum atomic E-state index is 11.0. The van der Waals surface area contributed by atoms with Gasteiger partial charge in [0.15, 0.2) is 0 Å². The monoisotopic (exact) mass is 332 g/mol. The standard InChI is InChI=1S/C7H10BrIO2/c1-3-5(8)7(10)11-6(3)4(2)9/h3-6H,1-2H3/t3-,4?,5-,6-/m1/s1.